The number of hydrogen-bond donors (Lipinski definition) is 5. The number of ether oxygens (including phenoxy) is 2. The molecule has 13 nitrogen and oxygen atoms in total. The summed E-state index contributed by atoms with van der Waals surface area (Å²) in [5.41, 5.74) is 0.134. The van der Waals surface area contributed by atoms with Crippen LogP contribution in [0.2, 0.25) is 0 Å². The summed E-state index contributed by atoms with van der Waals surface area (Å²) in [5, 5.41) is 39.0. The third-order valence-corrected chi connectivity index (χ3v) is 5.58. The molecule has 5 atom stereocenters. The summed E-state index contributed by atoms with van der Waals surface area (Å²) in [5.74, 6) is -1.72. The number of fused-ring (bicyclic) bond motifs is 1. The van der Waals surface area contributed by atoms with E-state index in [-0.39, 0.29) is 28.0 Å². The van der Waals surface area contributed by atoms with Gasteiger partial charge in [0.25, 0.3) is 0 Å². The van der Waals surface area contributed by atoms with Crippen molar-refractivity contribution in [1.29, 1.82) is 0 Å². The molecule has 1 aliphatic rings. The Morgan fingerprint density at radius 3 is 2.23 bits per heavy atom. The number of hydrogen-bond acceptors (Lipinski definition) is 11. The second kappa shape index (κ2) is 9.26. The highest BCUT2D eigenvalue weighted by molar-refractivity contribution is 7.81. The van der Waals surface area contributed by atoms with E-state index in [2.05, 4.69) is 4.18 Å². The number of aliphatic carboxylic acids is 1. The predicted octanol–water partition coefficient (Wildman–Crippen LogP) is -0.0874. The zero-order valence-corrected chi connectivity index (χ0v) is 18.2. The average Bonchev–Trinajstić information content (AvgIpc) is 2.79. The molecule has 0 amide bonds. The first-order valence-electron chi connectivity index (χ1n) is 9.86. The van der Waals surface area contributed by atoms with Gasteiger partial charge in [-0.15, -0.1) is 0 Å². The van der Waals surface area contributed by atoms with Gasteiger partial charge >= 0.3 is 16.4 Å². The van der Waals surface area contributed by atoms with Crippen LogP contribution in [0.3, 0.4) is 0 Å². The summed E-state index contributed by atoms with van der Waals surface area (Å²) >= 11 is 0. The Morgan fingerprint density at radius 2 is 1.60 bits per heavy atom. The molecule has 4 rings (SSSR count). The quantitative estimate of drug-likeness (QED) is 0.275. The maximum absolute atomic E-state index is 12.9. The minimum Gasteiger partial charge on any atom is -0.479 e. The van der Waals surface area contributed by atoms with Gasteiger partial charge < -0.3 is 38.5 Å². The van der Waals surface area contributed by atoms with Gasteiger partial charge in [0.2, 0.25) is 6.29 Å². The lowest BCUT2D eigenvalue weighted by molar-refractivity contribution is -0.271. The summed E-state index contributed by atoms with van der Waals surface area (Å²) in [6.45, 7) is 0. The molecule has 0 saturated carbocycles. The molecule has 0 bridgehead atoms. The monoisotopic (exact) mass is 510 g/mol. The van der Waals surface area contributed by atoms with Crippen LogP contribution in [0.25, 0.3) is 22.1 Å². The van der Waals surface area contributed by atoms with Crippen molar-refractivity contribution >= 4 is 27.3 Å². The van der Waals surface area contributed by atoms with E-state index in [1.165, 1.54) is 42.5 Å². The van der Waals surface area contributed by atoms with Crippen molar-refractivity contribution in [3.05, 3.63) is 59.0 Å². The summed E-state index contributed by atoms with van der Waals surface area (Å²) in [4.78, 5) is 24.2. The van der Waals surface area contributed by atoms with Gasteiger partial charge in [-0.2, -0.15) is 8.42 Å². The van der Waals surface area contributed by atoms with E-state index in [1.54, 1.807) is 0 Å². The molecule has 2 heterocycles. The molecule has 35 heavy (non-hydrogen) atoms. The number of carboxylic acids is 1. The molecule has 5 unspecified atom stereocenters. The van der Waals surface area contributed by atoms with Crippen LogP contribution in [-0.2, 0) is 19.9 Å². The third-order valence-electron chi connectivity index (χ3n) is 5.18. The molecule has 3 aromatic rings. The van der Waals surface area contributed by atoms with Gasteiger partial charge in [-0.3, -0.25) is 9.35 Å². The van der Waals surface area contributed by atoms with Crippen LogP contribution in [-0.4, -0.2) is 70.1 Å². The lowest BCUT2D eigenvalue weighted by Crippen LogP contribution is -2.61. The number of carboxylic acid groups (broad SMARTS) is 1. The van der Waals surface area contributed by atoms with Gasteiger partial charge in [-0.1, -0.05) is 12.1 Å². The molecule has 0 aliphatic carbocycles. The van der Waals surface area contributed by atoms with Crippen LogP contribution in [0.4, 0.5) is 0 Å². The van der Waals surface area contributed by atoms with E-state index in [0.717, 1.165) is 6.26 Å². The molecule has 1 fully saturated rings. The van der Waals surface area contributed by atoms with Crippen molar-refractivity contribution in [1.82, 2.24) is 0 Å². The molecular weight excluding hydrogens is 492 g/mol. The zero-order chi connectivity index (χ0) is 25.5. The van der Waals surface area contributed by atoms with E-state index < -0.39 is 52.5 Å². The highest BCUT2D eigenvalue weighted by Crippen LogP contribution is 2.28. The maximum Gasteiger partial charge on any atom is 0.446 e. The smallest absolute Gasteiger partial charge is 0.446 e. The first-order valence-corrected chi connectivity index (χ1v) is 11.2. The fourth-order valence-electron chi connectivity index (χ4n) is 3.48. The second-order valence-electron chi connectivity index (χ2n) is 7.52. The van der Waals surface area contributed by atoms with E-state index in [1.807, 2.05) is 0 Å². The molecule has 14 heteroatoms. The summed E-state index contributed by atoms with van der Waals surface area (Å²) < 4.78 is 50.6. The molecule has 2 aromatic carbocycles. The summed E-state index contributed by atoms with van der Waals surface area (Å²) in [7, 11) is -4.70. The second-order valence-corrected chi connectivity index (χ2v) is 8.55. The SMILES string of the molecule is O=C(O)C1OC(Oc2ccc3c(=O)c(-c4ccc(OS(=O)(=O)O)cc4)coc3c2)C(O)C(O)C1O. The molecule has 1 aliphatic heterocycles. The van der Waals surface area contributed by atoms with Crippen LogP contribution in [0.15, 0.2) is 57.9 Å². The Kier molecular flexibility index (Phi) is 6.50. The van der Waals surface area contributed by atoms with E-state index in [4.69, 9.17) is 23.6 Å². The standard InChI is InChI=1S/C21H18O13S/c22-15-12-6-5-11(32-21-18(25)16(23)17(24)19(33-21)20(26)27)7-14(12)31-8-13(15)9-1-3-10(4-2-9)34-35(28,29)30/h1-8,16-19,21,23-25H,(H,26,27)(H,28,29,30). The minimum absolute atomic E-state index is 0.0110. The first-order chi connectivity index (χ1) is 16.4. The van der Waals surface area contributed by atoms with E-state index >= 15 is 0 Å². The molecule has 1 aromatic heterocycles. The van der Waals surface area contributed by atoms with Crippen molar-refractivity contribution in [3.63, 3.8) is 0 Å². The number of carbonyl (C=O) groups is 1. The lowest BCUT2D eigenvalue weighted by atomic mass is 9.99. The molecule has 186 valence electrons. The maximum atomic E-state index is 12.9. The molecule has 5 N–H and O–H groups in total. The van der Waals surface area contributed by atoms with Crippen LogP contribution in [0, 0.1) is 0 Å². The van der Waals surface area contributed by atoms with E-state index in [9.17, 15) is 33.3 Å². The van der Waals surface area contributed by atoms with Crippen molar-refractivity contribution < 1.29 is 56.3 Å². The largest absolute Gasteiger partial charge is 0.479 e. The topological polar surface area (TPSA) is 210 Å². The Hall–Kier alpha value is -3.53. The molecular formula is C21H18O13S. The van der Waals surface area contributed by atoms with Gasteiger partial charge in [-0.05, 0) is 29.8 Å². The fourth-order valence-corrected chi connectivity index (χ4v) is 3.83. The third kappa shape index (κ3) is 5.12. The Morgan fingerprint density at radius 1 is 0.943 bits per heavy atom. The first kappa shape index (κ1) is 24.6. The van der Waals surface area contributed by atoms with Crippen molar-refractivity contribution in [2.24, 2.45) is 0 Å². The Labute approximate surface area is 196 Å². The van der Waals surface area contributed by atoms with Gasteiger partial charge in [-0.25, -0.2) is 4.79 Å². The zero-order valence-electron chi connectivity index (χ0n) is 17.4. The average molecular weight is 510 g/mol. The minimum atomic E-state index is -4.70. The number of aliphatic hydroxyl groups is 3. The normalized spacial score (nSPS) is 24.7. The van der Waals surface area contributed by atoms with Crippen molar-refractivity contribution in [3.8, 4) is 22.6 Å². The highest BCUT2D eigenvalue weighted by Gasteiger charge is 2.48. The van der Waals surface area contributed by atoms with Gasteiger partial charge in [0.1, 0.15) is 41.7 Å². The van der Waals surface area contributed by atoms with Crippen molar-refractivity contribution in [2.45, 2.75) is 30.7 Å². The molecule has 0 radical (unpaired) electrons. The van der Waals surface area contributed by atoms with Crippen LogP contribution in [0.1, 0.15) is 0 Å². The van der Waals surface area contributed by atoms with Crippen molar-refractivity contribution in [2.75, 3.05) is 0 Å². The highest BCUT2D eigenvalue weighted by atomic mass is 32.3. The number of rotatable bonds is 6. The van der Waals surface area contributed by atoms with Crippen LogP contribution < -0.4 is 14.3 Å². The van der Waals surface area contributed by atoms with Gasteiger partial charge in [0, 0.05) is 6.07 Å². The Balaban J connectivity index is 1.59. The van der Waals surface area contributed by atoms with Gasteiger partial charge in [0.15, 0.2) is 11.5 Å². The number of aliphatic hydroxyl groups excluding tert-OH is 3. The van der Waals surface area contributed by atoms with E-state index in [0.29, 0.717) is 5.56 Å². The Bertz CT molecular complexity index is 1410. The summed E-state index contributed by atoms with van der Waals surface area (Å²) in [6.07, 6.45) is -7.80. The lowest BCUT2D eigenvalue weighted by Gasteiger charge is -2.38. The van der Waals surface area contributed by atoms with Crippen LogP contribution >= 0.6 is 0 Å². The molecule has 0 spiro atoms. The number of benzene rings is 2. The predicted molar refractivity (Wildman–Crippen MR) is 115 cm³/mol. The van der Waals surface area contributed by atoms with Crippen LogP contribution in [0.5, 0.6) is 11.5 Å². The van der Waals surface area contributed by atoms with Gasteiger partial charge in [0.05, 0.1) is 10.9 Å². The fraction of sp³-hybridized carbons (Fsp3) is 0.238. The molecule has 1 saturated heterocycles. The summed E-state index contributed by atoms with van der Waals surface area (Å²) in [6, 6.07) is 9.20.